The average molecular weight is 361 g/mol. The SMILES string of the molecule is CCC(CS(=O)(=O)Nc1ccccc1)OCc1cccc(C(C)=O)c1. The van der Waals surface area contributed by atoms with Gasteiger partial charge < -0.3 is 4.74 Å². The van der Waals surface area contributed by atoms with Crippen molar-refractivity contribution in [3.8, 4) is 0 Å². The van der Waals surface area contributed by atoms with E-state index in [1.165, 1.54) is 6.92 Å². The first-order valence-corrected chi connectivity index (χ1v) is 9.82. The molecule has 0 radical (unpaired) electrons. The monoisotopic (exact) mass is 361 g/mol. The van der Waals surface area contributed by atoms with E-state index in [0.29, 0.717) is 17.7 Å². The van der Waals surface area contributed by atoms with Crippen LogP contribution in [0.3, 0.4) is 0 Å². The third-order valence-electron chi connectivity index (χ3n) is 3.73. The molecule has 0 saturated carbocycles. The summed E-state index contributed by atoms with van der Waals surface area (Å²) < 4.78 is 32.9. The Bertz CT molecular complexity index is 803. The number of benzene rings is 2. The molecule has 0 bridgehead atoms. The molecule has 0 aromatic heterocycles. The van der Waals surface area contributed by atoms with E-state index >= 15 is 0 Å². The predicted molar refractivity (Wildman–Crippen MR) is 99.2 cm³/mol. The van der Waals surface area contributed by atoms with Gasteiger partial charge >= 0.3 is 0 Å². The van der Waals surface area contributed by atoms with Crippen LogP contribution in [0.2, 0.25) is 0 Å². The van der Waals surface area contributed by atoms with Crippen molar-refractivity contribution in [1.29, 1.82) is 0 Å². The highest BCUT2D eigenvalue weighted by atomic mass is 32.2. The summed E-state index contributed by atoms with van der Waals surface area (Å²) in [4.78, 5) is 11.4. The number of carbonyl (C=O) groups excluding carboxylic acids is 1. The van der Waals surface area contributed by atoms with E-state index in [1.54, 1.807) is 42.5 Å². The maximum absolute atomic E-state index is 12.3. The van der Waals surface area contributed by atoms with Gasteiger partial charge in [0.15, 0.2) is 5.78 Å². The lowest BCUT2D eigenvalue weighted by Gasteiger charge is -2.17. The minimum absolute atomic E-state index is 0.0106. The first kappa shape index (κ1) is 19.1. The minimum Gasteiger partial charge on any atom is -0.372 e. The maximum atomic E-state index is 12.3. The number of ketones is 1. The molecule has 1 N–H and O–H groups in total. The van der Waals surface area contributed by atoms with Crippen molar-refractivity contribution in [3.05, 3.63) is 65.7 Å². The summed E-state index contributed by atoms with van der Waals surface area (Å²) in [6, 6.07) is 15.9. The molecule has 0 aliphatic heterocycles. The van der Waals surface area contributed by atoms with Crippen molar-refractivity contribution in [3.63, 3.8) is 0 Å². The fourth-order valence-corrected chi connectivity index (χ4v) is 3.75. The predicted octanol–water partition coefficient (Wildman–Crippen LogP) is 3.63. The Hall–Kier alpha value is -2.18. The van der Waals surface area contributed by atoms with Crippen molar-refractivity contribution in [1.82, 2.24) is 0 Å². The molecule has 6 heteroatoms. The average Bonchev–Trinajstić information content (AvgIpc) is 2.59. The lowest BCUT2D eigenvalue weighted by Crippen LogP contribution is -2.28. The van der Waals surface area contributed by atoms with Crippen molar-refractivity contribution in [2.24, 2.45) is 0 Å². The molecule has 0 aliphatic carbocycles. The van der Waals surface area contributed by atoms with Gasteiger partial charge in [-0.05, 0) is 37.1 Å². The summed E-state index contributed by atoms with van der Waals surface area (Å²) in [6.07, 6.45) is 0.143. The summed E-state index contributed by atoms with van der Waals surface area (Å²) in [5.41, 5.74) is 2.00. The number of sulfonamides is 1. The number of hydrogen-bond donors (Lipinski definition) is 1. The topological polar surface area (TPSA) is 72.5 Å². The molecule has 0 amide bonds. The highest BCUT2D eigenvalue weighted by molar-refractivity contribution is 7.92. The number of anilines is 1. The molecule has 25 heavy (non-hydrogen) atoms. The standard InChI is InChI=1S/C19H23NO4S/c1-3-19(14-25(22,23)20-18-10-5-4-6-11-18)24-13-16-8-7-9-17(12-16)15(2)21/h4-12,19-20H,3,13-14H2,1-2H3. The van der Waals surface area contributed by atoms with E-state index < -0.39 is 16.1 Å². The van der Waals surface area contributed by atoms with Crippen LogP contribution in [0.5, 0.6) is 0 Å². The zero-order valence-electron chi connectivity index (χ0n) is 14.4. The quantitative estimate of drug-likeness (QED) is 0.692. The number of para-hydroxylation sites is 1. The molecule has 0 saturated heterocycles. The molecule has 2 rings (SSSR count). The molecule has 0 aliphatic rings. The van der Waals surface area contributed by atoms with Crippen molar-refractivity contribution >= 4 is 21.5 Å². The van der Waals surface area contributed by atoms with Crippen molar-refractivity contribution in [2.75, 3.05) is 10.5 Å². The first-order valence-electron chi connectivity index (χ1n) is 8.16. The van der Waals surface area contributed by atoms with Gasteiger partial charge in [0.2, 0.25) is 10.0 Å². The number of hydrogen-bond acceptors (Lipinski definition) is 4. The minimum atomic E-state index is -3.50. The van der Waals surface area contributed by atoms with Gasteiger partial charge in [0.25, 0.3) is 0 Å². The van der Waals surface area contributed by atoms with Gasteiger partial charge in [-0.15, -0.1) is 0 Å². The van der Waals surface area contributed by atoms with Crippen LogP contribution in [0.15, 0.2) is 54.6 Å². The summed E-state index contributed by atoms with van der Waals surface area (Å²) in [7, 11) is -3.50. The van der Waals surface area contributed by atoms with E-state index in [-0.39, 0.29) is 18.1 Å². The Morgan fingerprint density at radius 1 is 1.12 bits per heavy atom. The largest absolute Gasteiger partial charge is 0.372 e. The molecule has 0 spiro atoms. The molecule has 1 atom stereocenters. The Labute approximate surface area is 149 Å². The van der Waals surface area contributed by atoms with Gasteiger partial charge in [-0.2, -0.15) is 0 Å². The van der Waals surface area contributed by atoms with Crippen molar-refractivity contribution in [2.45, 2.75) is 33.0 Å². The molecule has 5 nitrogen and oxygen atoms in total. The van der Waals surface area contributed by atoms with Crippen LogP contribution in [0.4, 0.5) is 5.69 Å². The Balaban J connectivity index is 1.95. The van der Waals surface area contributed by atoms with E-state index in [0.717, 1.165) is 5.56 Å². The normalized spacial score (nSPS) is 12.6. The zero-order chi connectivity index (χ0) is 18.3. The molecular formula is C19H23NO4S. The maximum Gasteiger partial charge on any atom is 0.235 e. The van der Waals surface area contributed by atoms with E-state index in [4.69, 9.17) is 4.74 Å². The summed E-state index contributed by atoms with van der Waals surface area (Å²) >= 11 is 0. The molecule has 2 aromatic carbocycles. The summed E-state index contributed by atoms with van der Waals surface area (Å²) in [5.74, 6) is -0.131. The van der Waals surface area contributed by atoms with Crippen LogP contribution in [0.25, 0.3) is 0 Å². The number of Topliss-reactive ketones (excluding diaryl/α,β-unsaturated/α-hetero) is 1. The van der Waals surface area contributed by atoms with E-state index in [9.17, 15) is 13.2 Å². The first-order chi connectivity index (χ1) is 11.9. The van der Waals surface area contributed by atoms with Crippen LogP contribution in [0.1, 0.15) is 36.2 Å². The fourth-order valence-electron chi connectivity index (χ4n) is 2.35. The fraction of sp³-hybridized carbons (Fsp3) is 0.316. The second kappa shape index (κ2) is 8.78. The third kappa shape index (κ3) is 6.32. The third-order valence-corrected chi connectivity index (χ3v) is 5.08. The number of carbonyl (C=O) groups is 1. The highest BCUT2D eigenvalue weighted by Crippen LogP contribution is 2.13. The lowest BCUT2D eigenvalue weighted by molar-refractivity contribution is 0.0529. The van der Waals surface area contributed by atoms with Crippen LogP contribution in [-0.4, -0.2) is 26.1 Å². The van der Waals surface area contributed by atoms with Crippen molar-refractivity contribution < 1.29 is 17.9 Å². The number of nitrogens with one attached hydrogen (secondary N) is 1. The number of rotatable bonds is 9. The summed E-state index contributed by atoms with van der Waals surface area (Å²) in [5, 5.41) is 0. The van der Waals surface area contributed by atoms with Gasteiger partial charge in [0, 0.05) is 11.3 Å². The molecule has 0 fully saturated rings. The van der Waals surface area contributed by atoms with Gasteiger partial charge in [0.05, 0.1) is 18.5 Å². The Kier molecular flexibility index (Phi) is 6.73. The van der Waals surface area contributed by atoms with Gasteiger partial charge in [0.1, 0.15) is 0 Å². The second-order valence-corrected chi connectivity index (χ2v) is 7.61. The van der Waals surface area contributed by atoms with E-state index in [1.807, 2.05) is 19.1 Å². The Morgan fingerprint density at radius 3 is 2.48 bits per heavy atom. The van der Waals surface area contributed by atoms with Gasteiger partial charge in [-0.3, -0.25) is 9.52 Å². The van der Waals surface area contributed by atoms with Crippen LogP contribution >= 0.6 is 0 Å². The highest BCUT2D eigenvalue weighted by Gasteiger charge is 2.18. The zero-order valence-corrected chi connectivity index (χ0v) is 15.3. The van der Waals surface area contributed by atoms with Crippen LogP contribution < -0.4 is 4.72 Å². The van der Waals surface area contributed by atoms with Crippen LogP contribution in [0, 0.1) is 0 Å². The number of ether oxygens (including phenoxy) is 1. The van der Waals surface area contributed by atoms with Crippen LogP contribution in [-0.2, 0) is 21.4 Å². The summed E-state index contributed by atoms with van der Waals surface area (Å²) in [6.45, 7) is 3.66. The molecule has 134 valence electrons. The van der Waals surface area contributed by atoms with E-state index in [2.05, 4.69) is 4.72 Å². The van der Waals surface area contributed by atoms with Gasteiger partial charge in [-0.25, -0.2) is 8.42 Å². The smallest absolute Gasteiger partial charge is 0.235 e. The van der Waals surface area contributed by atoms with Gasteiger partial charge in [-0.1, -0.05) is 43.3 Å². The Morgan fingerprint density at radius 2 is 1.84 bits per heavy atom. The molecule has 0 heterocycles. The second-order valence-electron chi connectivity index (χ2n) is 5.85. The molecule has 1 unspecified atom stereocenters. The molecular weight excluding hydrogens is 338 g/mol. The lowest BCUT2D eigenvalue weighted by atomic mass is 10.1. The molecule has 2 aromatic rings.